The SMILES string of the molecule is CC(N)(Cc1ccc(F)c(F)c1)c1ccc(F)cn1. The second-order valence-electron chi connectivity index (χ2n) is 4.70. The summed E-state index contributed by atoms with van der Waals surface area (Å²) in [5.41, 5.74) is 6.25. The van der Waals surface area contributed by atoms with Crippen molar-refractivity contribution in [1.29, 1.82) is 0 Å². The van der Waals surface area contributed by atoms with Gasteiger partial charge in [0.2, 0.25) is 0 Å². The Morgan fingerprint density at radius 3 is 2.42 bits per heavy atom. The third kappa shape index (κ3) is 3.12. The van der Waals surface area contributed by atoms with Gasteiger partial charge < -0.3 is 5.73 Å². The average molecular weight is 266 g/mol. The molecule has 0 aliphatic heterocycles. The van der Waals surface area contributed by atoms with Crippen LogP contribution in [0.4, 0.5) is 13.2 Å². The van der Waals surface area contributed by atoms with E-state index in [1.807, 2.05) is 0 Å². The lowest BCUT2D eigenvalue weighted by atomic mass is 9.90. The molecule has 0 aliphatic rings. The van der Waals surface area contributed by atoms with E-state index in [9.17, 15) is 13.2 Å². The minimum absolute atomic E-state index is 0.267. The van der Waals surface area contributed by atoms with Crippen molar-refractivity contribution in [3.8, 4) is 0 Å². The molecular weight excluding hydrogens is 253 g/mol. The van der Waals surface area contributed by atoms with Crippen molar-refractivity contribution in [3.63, 3.8) is 0 Å². The second kappa shape index (κ2) is 5.01. The molecule has 0 saturated heterocycles. The van der Waals surface area contributed by atoms with Gasteiger partial charge in [0.1, 0.15) is 5.82 Å². The summed E-state index contributed by atoms with van der Waals surface area (Å²) in [6.45, 7) is 1.70. The quantitative estimate of drug-likeness (QED) is 0.927. The van der Waals surface area contributed by atoms with Gasteiger partial charge in [-0.15, -0.1) is 0 Å². The van der Waals surface area contributed by atoms with Crippen LogP contribution in [0, 0.1) is 17.5 Å². The molecule has 0 fully saturated rings. The highest BCUT2D eigenvalue weighted by Gasteiger charge is 2.23. The number of pyridine rings is 1. The molecule has 19 heavy (non-hydrogen) atoms. The van der Waals surface area contributed by atoms with Crippen LogP contribution in [-0.2, 0) is 12.0 Å². The van der Waals surface area contributed by atoms with Gasteiger partial charge in [-0.2, -0.15) is 0 Å². The van der Waals surface area contributed by atoms with E-state index in [2.05, 4.69) is 4.98 Å². The summed E-state index contributed by atoms with van der Waals surface area (Å²) in [4.78, 5) is 3.92. The van der Waals surface area contributed by atoms with Gasteiger partial charge in [-0.05, 0) is 43.2 Å². The number of aromatic nitrogens is 1. The maximum Gasteiger partial charge on any atom is 0.159 e. The van der Waals surface area contributed by atoms with Gasteiger partial charge in [0, 0.05) is 0 Å². The summed E-state index contributed by atoms with van der Waals surface area (Å²) < 4.78 is 38.8. The van der Waals surface area contributed by atoms with E-state index in [-0.39, 0.29) is 6.42 Å². The molecule has 2 rings (SSSR count). The first kappa shape index (κ1) is 13.5. The molecule has 2 aromatic rings. The standard InChI is InChI=1S/C14H13F3N2/c1-14(18,13-5-3-10(15)8-19-13)7-9-2-4-11(16)12(17)6-9/h2-6,8H,7,18H2,1H3. The van der Waals surface area contributed by atoms with Gasteiger partial charge >= 0.3 is 0 Å². The van der Waals surface area contributed by atoms with Crippen LogP contribution in [0.3, 0.4) is 0 Å². The lowest BCUT2D eigenvalue weighted by Crippen LogP contribution is -2.36. The number of hydrogen-bond donors (Lipinski definition) is 1. The number of rotatable bonds is 3. The minimum atomic E-state index is -0.916. The van der Waals surface area contributed by atoms with E-state index in [1.165, 1.54) is 18.2 Å². The smallest absolute Gasteiger partial charge is 0.159 e. The zero-order valence-electron chi connectivity index (χ0n) is 10.3. The van der Waals surface area contributed by atoms with Crippen LogP contribution in [0.25, 0.3) is 0 Å². The van der Waals surface area contributed by atoms with Gasteiger partial charge in [0.05, 0.1) is 17.4 Å². The Labute approximate surface area is 109 Å². The van der Waals surface area contributed by atoms with Gasteiger partial charge in [-0.3, -0.25) is 4.98 Å². The molecule has 2 nitrogen and oxygen atoms in total. The van der Waals surface area contributed by atoms with Crippen molar-refractivity contribution in [1.82, 2.24) is 4.98 Å². The fraction of sp³-hybridized carbons (Fsp3) is 0.214. The number of benzene rings is 1. The lowest BCUT2D eigenvalue weighted by Gasteiger charge is -2.24. The van der Waals surface area contributed by atoms with Crippen LogP contribution in [0.2, 0.25) is 0 Å². The van der Waals surface area contributed by atoms with Crippen LogP contribution >= 0.6 is 0 Å². The Hall–Kier alpha value is -1.88. The Kier molecular flexibility index (Phi) is 3.57. The third-order valence-corrected chi connectivity index (χ3v) is 2.87. The molecule has 1 aromatic carbocycles. The van der Waals surface area contributed by atoms with Gasteiger partial charge in [0.25, 0.3) is 0 Å². The molecule has 0 amide bonds. The molecule has 1 atom stereocenters. The normalized spacial score (nSPS) is 14.2. The molecule has 100 valence electrons. The maximum atomic E-state index is 13.1. The zero-order valence-corrected chi connectivity index (χ0v) is 10.3. The highest BCUT2D eigenvalue weighted by molar-refractivity contribution is 5.24. The van der Waals surface area contributed by atoms with Gasteiger partial charge in [0.15, 0.2) is 11.6 Å². The molecule has 0 bridgehead atoms. The van der Waals surface area contributed by atoms with Crippen molar-refractivity contribution in [2.24, 2.45) is 5.73 Å². The lowest BCUT2D eigenvalue weighted by molar-refractivity contribution is 0.466. The van der Waals surface area contributed by atoms with Crippen LogP contribution in [0.5, 0.6) is 0 Å². The first-order valence-corrected chi connectivity index (χ1v) is 5.73. The minimum Gasteiger partial charge on any atom is -0.320 e. The monoisotopic (exact) mass is 266 g/mol. The Balaban J connectivity index is 2.25. The van der Waals surface area contributed by atoms with E-state index in [0.29, 0.717) is 11.3 Å². The summed E-state index contributed by atoms with van der Waals surface area (Å²) in [5, 5.41) is 0. The Morgan fingerprint density at radius 2 is 1.84 bits per heavy atom. The molecular formula is C14H13F3N2. The molecule has 1 heterocycles. The van der Waals surface area contributed by atoms with Crippen LogP contribution in [0.1, 0.15) is 18.2 Å². The third-order valence-electron chi connectivity index (χ3n) is 2.87. The molecule has 0 saturated carbocycles. The molecule has 0 aliphatic carbocycles. The molecule has 0 radical (unpaired) electrons. The fourth-order valence-corrected chi connectivity index (χ4v) is 1.88. The Bertz CT molecular complexity index is 580. The topological polar surface area (TPSA) is 38.9 Å². The molecule has 2 N–H and O–H groups in total. The van der Waals surface area contributed by atoms with Crippen molar-refractivity contribution >= 4 is 0 Å². The highest BCUT2D eigenvalue weighted by Crippen LogP contribution is 2.22. The average Bonchev–Trinajstić information content (AvgIpc) is 2.34. The van der Waals surface area contributed by atoms with Gasteiger partial charge in [-0.1, -0.05) is 6.07 Å². The van der Waals surface area contributed by atoms with E-state index in [4.69, 9.17) is 5.73 Å². The summed E-state index contributed by atoms with van der Waals surface area (Å²) in [7, 11) is 0. The summed E-state index contributed by atoms with van der Waals surface area (Å²) >= 11 is 0. The van der Waals surface area contributed by atoms with Crippen LogP contribution in [0.15, 0.2) is 36.5 Å². The summed E-state index contributed by atoms with van der Waals surface area (Å²) in [5.74, 6) is -2.27. The molecule has 5 heteroatoms. The summed E-state index contributed by atoms with van der Waals surface area (Å²) in [6, 6.07) is 6.36. The zero-order chi connectivity index (χ0) is 14.0. The number of nitrogens with zero attached hydrogens (tertiary/aromatic N) is 1. The van der Waals surface area contributed by atoms with Crippen molar-refractivity contribution in [2.45, 2.75) is 18.9 Å². The number of hydrogen-bond acceptors (Lipinski definition) is 2. The molecule has 1 aromatic heterocycles. The van der Waals surface area contributed by atoms with Crippen molar-refractivity contribution < 1.29 is 13.2 Å². The van der Waals surface area contributed by atoms with Gasteiger partial charge in [-0.25, -0.2) is 13.2 Å². The van der Waals surface area contributed by atoms with Crippen LogP contribution in [-0.4, -0.2) is 4.98 Å². The summed E-state index contributed by atoms with van der Waals surface area (Å²) in [6.07, 6.45) is 1.34. The van der Waals surface area contributed by atoms with Crippen molar-refractivity contribution in [3.05, 3.63) is 65.2 Å². The highest BCUT2D eigenvalue weighted by atomic mass is 19.2. The van der Waals surface area contributed by atoms with Crippen LogP contribution < -0.4 is 5.73 Å². The first-order chi connectivity index (χ1) is 8.88. The van der Waals surface area contributed by atoms with E-state index >= 15 is 0 Å². The van der Waals surface area contributed by atoms with E-state index < -0.39 is 23.0 Å². The predicted molar refractivity (Wildman–Crippen MR) is 65.8 cm³/mol. The van der Waals surface area contributed by atoms with E-state index in [1.54, 1.807) is 6.92 Å². The Morgan fingerprint density at radius 1 is 1.11 bits per heavy atom. The fourth-order valence-electron chi connectivity index (χ4n) is 1.88. The number of nitrogens with two attached hydrogens (primary N) is 1. The van der Waals surface area contributed by atoms with E-state index in [0.717, 1.165) is 18.3 Å². The molecule has 1 unspecified atom stereocenters. The predicted octanol–water partition coefficient (Wildman–Crippen LogP) is 2.92. The largest absolute Gasteiger partial charge is 0.320 e. The number of halogens is 3. The second-order valence-corrected chi connectivity index (χ2v) is 4.70. The molecule has 0 spiro atoms. The maximum absolute atomic E-state index is 13.1. The first-order valence-electron chi connectivity index (χ1n) is 5.73. The van der Waals surface area contributed by atoms with Crippen molar-refractivity contribution in [2.75, 3.05) is 0 Å².